The van der Waals surface area contributed by atoms with Gasteiger partial charge in [0.2, 0.25) is 0 Å². The molecule has 5 nitrogen and oxygen atoms in total. The maximum absolute atomic E-state index is 12.8. The van der Waals surface area contributed by atoms with Crippen LogP contribution in [0.1, 0.15) is 17.5 Å². The minimum atomic E-state index is -0.610. The van der Waals surface area contributed by atoms with Crippen molar-refractivity contribution in [2.24, 2.45) is 0 Å². The number of hydrogen-bond donors (Lipinski definition) is 0. The fourth-order valence-corrected chi connectivity index (χ4v) is 1.14. The van der Waals surface area contributed by atoms with Crippen LogP contribution in [0.5, 0.6) is 0 Å². The Bertz CT molecular complexity index is 509. The van der Waals surface area contributed by atoms with E-state index in [0.29, 0.717) is 5.65 Å². The Morgan fingerprint density at radius 3 is 3.13 bits per heavy atom. The number of halogens is 1. The summed E-state index contributed by atoms with van der Waals surface area (Å²) in [7, 11) is 0. The van der Waals surface area contributed by atoms with E-state index in [4.69, 9.17) is 4.74 Å². The third kappa shape index (κ3) is 1.78. The zero-order valence-corrected chi connectivity index (χ0v) is 7.98. The Morgan fingerprint density at radius 2 is 2.40 bits per heavy atom. The molecule has 2 aromatic rings. The van der Waals surface area contributed by atoms with Crippen molar-refractivity contribution in [3.63, 3.8) is 0 Å². The maximum atomic E-state index is 12.8. The van der Waals surface area contributed by atoms with Gasteiger partial charge in [0.15, 0.2) is 5.65 Å². The summed E-state index contributed by atoms with van der Waals surface area (Å²) in [6.45, 7) is 1.94. The van der Waals surface area contributed by atoms with Crippen LogP contribution >= 0.6 is 0 Å². The molecule has 0 aromatic carbocycles. The Morgan fingerprint density at radius 1 is 1.60 bits per heavy atom. The summed E-state index contributed by atoms with van der Waals surface area (Å²) in [5, 5.41) is 3.78. The summed E-state index contributed by atoms with van der Waals surface area (Å²) < 4.78 is 18.7. The topological polar surface area (TPSA) is 56.5 Å². The first-order chi connectivity index (χ1) is 7.20. The van der Waals surface area contributed by atoms with E-state index in [1.165, 1.54) is 16.6 Å². The zero-order chi connectivity index (χ0) is 10.8. The Kier molecular flexibility index (Phi) is 2.32. The average Bonchev–Trinajstić information content (AvgIpc) is 2.60. The van der Waals surface area contributed by atoms with Crippen LogP contribution < -0.4 is 0 Å². The van der Waals surface area contributed by atoms with Crippen molar-refractivity contribution in [1.82, 2.24) is 14.6 Å². The van der Waals surface area contributed by atoms with Gasteiger partial charge in [-0.2, -0.15) is 0 Å². The van der Waals surface area contributed by atoms with Gasteiger partial charge in [0.1, 0.15) is 5.82 Å². The molecule has 0 aliphatic carbocycles. The predicted octanol–water partition coefficient (Wildman–Crippen LogP) is 1.05. The molecular formula is C9H8FN3O2. The number of ether oxygens (including phenoxy) is 1. The number of rotatable bonds is 2. The van der Waals surface area contributed by atoms with Crippen LogP contribution in [0.15, 0.2) is 18.3 Å². The van der Waals surface area contributed by atoms with Crippen LogP contribution in [0.4, 0.5) is 4.39 Å². The molecule has 6 heteroatoms. The van der Waals surface area contributed by atoms with Crippen LogP contribution in [0.2, 0.25) is 0 Å². The molecule has 78 valence electrons. The molecule has 0 saturated carbocycles. The summed E-state index contributed by atoms with van der Waals surface area (Å²) in [5.74, 6) is -1.12. The molecule has 0 amide bonds. The maximum Gasteiger partial charge on any atom is 0.378 e. The lowest BCUT2D eigenvalue weighted by Gasteiger charge is -1.93. The van der Waals surface area contributed by atoms with E-state index in [9.17, 15) is 9.18 Å². The second-order valence-electron chi connectivity index (χ2n) is 2.81. The van der Waals surface area contributed by atoms with Gasteiger partial charge in [0.25, 0.3) is 5.82 Å². The highest BCUT2D eigenvalue weighted by Crippen LogP contribution is 2.04. The average molecular weight is 209 g/mol. The van der Waals surface area contributed by atoms with Crippen LogP contribution in [-0.2, 0) is 4.74 Å². The second-order valence-corrected chi connectivity index (χ2v) is 2.81. The number of esters is 1. The lowest BCUT2D eigenvalue weighted by molar-refractivity contribution is 0.0512. The minimum Gasteiger partial charge on any atom is -0.460 e. The van der Waals surface area contributed by atoms with Gasteiger partial charge in [-0.1, -0.05) is 0 Å². The van der Waals surface area contributed by atoms with E-state index in [2.05, 4.69) is 10.1 Å². The molecule has 0 aliphatic heterocycles. The van der Waals surface area contributed by atoms with Crippen molar-refractivity contribution in [2.75, 3.05) is 6.61 Å². The summed E-state index contributed by atoms with van der Waals surface area (Å²) in [5.41, 5.74) is 0.402. The summed E-state index contributed by atoms with van der Waals surface area (Å²) >= 11 is 0. The van der Waals surface area contributed by atoms with Gasteiger partial charge in [-0.3, -0.25) is 0 Å². The zero-order valence-electron chi connectivity index (χ0n) is 7.98. The first kappa shape index (κ1) is 9.57. The lowest BCUT2D eigenvalue weighted by atomic mass is 10.5. The van der Waals surface area contributed by atoms with Gasteiger partial charge in [0, 0.05) is 0 Å². The van der Waals surface area contributed by atoms with Crippen molar-refractivity contribution in [2.45, 2.75) is 6.92 Å². The van der Waals surface area contributed by atoms with Gasteiger partial charge >= 0.3 is 5.97 Å². The van der Waals surface area contributed by atoms with E-state index in [-0.39, 0.29) is 12.4 Å². The number of pyridine rings is 1. The predicted molar refractivity (Wildman–Crippen MR) is 48.9 cm³/mol. The Hall–Kier alpha value is -1.98. The van der Waals surface area contributed by atoms with E-state index in [1.54, 1.807) is 6.92 Å². The normalized spacial score (nSPS) is 10.5. The molecule has 0 aliphatic rings. The fraction of sp³-hybridized carbons (Fsp3) is 0.222. The lowest BCUT2D eigenvalue weighted by Crippen LogP contribution is -2.06. The number of carbonyl (C=O) groups is 1. The van der Waals surface area contributed by atoms with Crippen molar-refractivity contribution >= 4 is 11.6 Å². The monoisotopic (exact) mass is 209 g/mol. The van der Waals surface area contributed by atoms with Crippen molar-refractivity contribution in [1.29, 1.82) is 0 Å². The molecule has 0 radical (unpaired) electrons. The van der Waals surface area contributed by atoms with Crippen LogP contribution in [-0.4, -0.2) is 27.2 Å². The van der Waals surface area contributed by atoms with E-state index < -0.39 is 11.8 Å². The highest BCUT2D eigenvalue weighted by Gasteiger charge is 2.13. The molecule has 2 rings (SSSR count). The third-order valence-corrected chi connectivity index (χ3v) is 1.75. The molecule has 2 heterocycles. The summed E-state index contributed by atoms with van der Waals surface area (Å²) in [4.78, 5) is 15.1. The largest absolute Gasteiger partial charge is 0.460 e. The van der Waals surface area contributed by atoms with Gasteiger partial charge in [-0.15, -0.1) is 5.10 Å². The quantitative estimate of drug-likeness (QED) is 0.693. The number of nitrogens with zero attached hydrogens (tertiary/aromatic N) is 3. The smallest absolute Gasteiger partial charge is 0.378 e. The van der Waals surface area contributed by atoms with Crippen LogP contribution in [0.25, 0.3) is 5.65 Å². The molecule has 0 unspecified atom stereocenters. The van der Waals surface area contributed by atoms with E-state index in [1.807, 2.05) is 0 Å². The first-order valence-corrected chi connectivity index (χ1v) is 4.39. The number of aromatic nitrogens is 3. The summed E-state index contributed by atoms with van der Waals surface area (Å²) in [6, 6.07) is 2.68. The number of fused-ring (bicyclic) bond motifs is 1. The van der Waals surface area contributed by atoms with Crippen LogP contribution in [0.3, 0.4) is 0 Å². The molecule has 0 atom stereocenters. The SMILES string of the molecule is CCOC(=O)c1nc2ccc(F)cn2n1. The van der Waals surface area contributed by atoms with Crippen molar-refractivity contribution < 1.29 is 13.9 Å². The molecule has 0 fully saturated rings. The third-order valence-electron chi connectivity index (χ3n) is 1.75. The molecular weight excluding hydrogens is 201 g/mol. The van der Waals surface area contributed by atoms with Crippen LogP contribution in [0, 0.1) is 5.82 Å². The molecule has 0 spiro atoms. The highest BCUT2D eigenvalue weighted by molar-refractivity contribution is 5.85. The summed E-state index contributed by atoms with van der Waals surface area (Å²) in [6.07, 6.45) is 1.14. The van der Waals surface area contributed by atoms with Crippen molar-refractivity contribution in [3.8, 4) is 0 Å². The molecule has 0 N–H and O–H groups in total. The van der Waals surface area contributed by atoms with E-state index >= 15 is 0 Å². The Labute approximate surface area is 84.5 Å². The Balaban J connectivity index is 2.42. The minimum absolute atomic E-state index is 0.0672. The second kappa shape index (κ2) is 3.64. The van der Waals surface area contributed by atoms with Gasteiger partial charge in [0.05, 0.1) is 12.8 Å². The molecule has 0 saturated heterocycles. The number of carbonyl (C=O) groups excluding carboxylic acids is 1. The van der Waals surface area contributed by atoms with Gasteiger partial charge in [-0.05, 0) is 19.1 Å². The molecule has 0 bridgehead atoms. The molecule has 15 heavy (non-hydrogen) atoms. The number of hydrogen-bond acceptors (Lipinski definition) is 4. The first-order valence-electron chi connectivity index (χ1n) is 4.39. The molecule has 2 aromatic heterocycles. The van der Waals surface area contributed by atoms with Gasteiger partial charge in [-0.25, -0.2) is 18.7 Å². The van der Waals surface area contributed by atoms with Gasteiger partial charge < -0.3 is 4.74 Å². The fourth-order valence-electron chi connectivity index (χ4n) is 1.14. The standard InChI is InChI=1S/C9H8FN3O2/c1-2-15-9(14)8-11-7-4-3-6(10)5-13(7)12-8/h3-5H,2H2,1H3. The van der Waals surface area contributed by atoms with E-state index in [0.717, 1.165) is 6.20 Å². The highest BCUT2D eigenvalue weighted by atomic mass is 19.1. The van der Waals surface area contributed by atoms with Crippen molar-refractivity contribution in [3.05, 3.63) is 30.0 Å².